The van der Waals surface area contributed by atoms with E-state index in [2.05, 4.69) is 115 Å². The van der Waals surface area contributed by atoms with Gasteiger partial charge in [0, 0.05) is 40.2 Å². The summed E-state index contributed by atoms with van der Waals surface area (Å²) >= 11 is 0. The number of hydrogen-bond donors (Lipinski definition) is 0. The molecule has 1 aromatic heterocycles. The molecule has 36 heavy (non-hydrogen) atoms. The molecule has 1 aliphatic heterocycles. The van der Waals surface area contributed by atoms with E-state index in [4.69, 9.17) is 0 Å². The Labute approximate surface area is 215 Å². The number of anilines is 2. The first-order valence-electron chi connectivity index (χ1n) is 13.7. The number of aryl methyl sites for hydroxylation is 2. The number of benzene rings is 4. The molecule has 5 aromatic rings. The quantitative estimate of drug-likeness (QED) is 0.228. The van der Waals surface area contributed by atoms with Gasteiger partial charge >= 0.3 is 6.85 Å². The monoisotopic (exact) mass is 470 g/mol. The smallest absolute Gasteiger partial charge is 0.332 e. The average Bonchev–Trinajstić information content (AvgIpc) is 3.23. The van der Waals surface area contributed by atoms with E-state index in [-0.39, 0.29) is 6.85 Å². The highest BCUT2D eigenvalue weighted by atomic mass is 15.1. The summed E-state index contributed by atoms with van der Waals surface area (Å²) < 4.78 is 2.65. The number of nitrogens with zero attached hydrogens (tertiary/aromatic N) is 2. The third-order valence-corrected chi connectivity index (χ3v) is 8.02. The zero-order chi connectivity index (χ0) is 24.6. The fourth-order valence-electron chi connectivity index (χ4n) is 6.11. The number of para-hydroxylation sites is 2. The first-order valence-corrected chi connectivity index (χ1v) is 13.7. The van der Waals surface area contributed by atoms with Gasteiger partial charge in [-0.3, -0.25) is 0 Å². The minimum absolute atomic E-state index is 0.136. The van der Waals surface area contributed by atoms with Crippen molar-refractivity contribution in [2.24, 2.45) is 0 Å². The van der Waals surface area contributed by atoms with Gasteiger partial charge in [-0.05, 0) is 72.0 Å². The molecule has 0 radical (unpaired) electrons. The van der Waals surface area contributed by atoms with Crippen molar-refractivity contribution < 1.29 is 0 Å². The lowest BCUT2D eigenvalue weighted by atomic mass is 9.47. The molecule has 0 unspecified atom stereocenters. The lowest BCUT2D eigenvalue weighted by Crippen LogP contribution is -2.54. The Morgan fingerprint density at radius 2 is 1.08 bits per heavy atom. The second-order valence-electron chi connectivity index (χ2n) is 10.4. The molecule has 180 valence electrons. The van der Waals surface area contributed by atoms with Gasteiger partial charge in [0.1, 0.15) is 0 Å². The van der Waals surface area contributed by atoms with Gasteiger partial charge in [0.2, 0.25) is 0 Å². The largest absolute Gasteiger partial charge is 0.376 e. The van der Waals surface area contributed by atoms with Crippen LogP contribution in [0.4, 0.5) is 11.4 Å². The van der Waals surface area contributed by atoms with Crippen molar-refractivity contribution in [3.05, 3.63) is 96.1 Å². The van der Waals surface area contributed by atoms with Crippen LogP contribution in [0, 0.1) is 0 Å². The van der Waals surface area contributed by atoms with Crippen molar-refractivity contribution in [1.82, 2.24) is 4.48 Å². The van der Waals surface area contributed by atoms with Crippen LogP contribution >= 0.6 is 0 Å². The van der Waals surface area contributed by atoms with E-state index in [1.165, 1.54) is 80.9 Å². The summed E-state index contributed by atoms with van der Waals surface area (Å²) in [6.45, 7) is 4.69. The highest BCUT2D eigenvalue weighted by molar-refractivity contribution is 6.88. The van der Waals surface area contributed by atoms with Crippen LogP contribution < -0.4 is 15.8 Å². The van der Waals surface area contributed by atoms with E-state index >= 15 is 0 Å². The van der Waals surface area contributed by atoms with E-state index in [1.54, 1.807) is 0 Å². The minimum atomic E-state index is 0.136. The second-order valence-corrected chi connectivity index (χ2v) is 10.4. The number of rotatable bonds is 7. The molecule has 2 nitrogen and oxygen atoms in total. The van der Waals surface area contributed by atoms with E-state index in [1.807, 2.05) is 0 Å². The zero-order valence-corrected chi connectivity index (χ0v) is 21.8. The summed E-state index contributed by atoms with van der Waals surface area (Å²) in [6.07, 6.45) is 7.17. The summed E-state index contributed by atoms with van der Waals surface area (Å²) in [5.74, 6) is 0. The van der Waals surface area contributed by atoms with Crippen LogP contribution in [0.15, 0.2) is 84.9 Å². The maximum absolute atomic E-state index is 2.65. The molecule has 4 aromatic carbocycles. The Morgan fingerprint density at radius 3 is 1.56 bits per heavy atom. The van der Waals surface area contributed by atoms with Crippen molar-refractivity contribution in [2.45, 2.75) is 52.4 Å². The van der Waals surface area contributed by atoms with Crippen LogP contribution in [0.5, 0.6) is 0 Å². The molecule has 0 bridgehead atoms. The fourth-order valence-corrected chi connectivity index (χ4v) is 6.11. The predicted octanol–water partition coefficient (Wildman–Crippen LogP) is 7.22. The molecule has 2 heterocycles. The molecule has 0 spiro atoms. The normalized spacial score (nSPS) is 12.9. The number of fused-ring (bicyclic) bond motifs is 5. The van der Waals surface area contributed by atoms with Gasteiger partial charge in [-0.15, -0.1) is 0 Å². The van der Waals surface area contributed by atoms with Gasteiger partial charge in [-0.1, -0.05) is 87.4 Å². The lowest BCUT2D eigenvalue weighted by Gasteiger charge is -2.35. The maximum Gasteiger partial charge on any atom is 0.332 e. The molecule has 6 rings (SSSR count). The van der Waals surface area contributed by atoms with Crippen LogP contribution in [0.1, 0.15) is 50.7 Å². The van der Waals surface area contributed by atoms with E-state index in [0.29, 0.717) is 0 Å². The molecule has 0 saturated carbocycles. The first-order chi connectivity index (χ1) is 17.7. The first kappa shape index (κ1) is 23.0. The topological polar surface area (TPSA) is 8.17 Å². The molecule has 1 aliphatic rings. The van der Waals surface area contributed by atoms with Gasteiger partial charge in [0.15, 0.2) is 0 Å². The summed E-state index contributed by atoms with van der Waals surface area (Å²) in [6, 6.07) is 32.3. The Balaban J connectivity index is 1.68. The minimum Gasteiger partial charge on any atom is -0.376 e. The van der Waals surface area contributed by atoms with Gasteiger partial charge in [-0.25, -0.2) is 0 Å². The third-order valence-electron chi connectivity index (χ3n) is 8.02. The van der Waals surface area contributed by atoms with Crippen LogP contribution in [-0.4, -0.2) is 18.4 Å². The predicted molar refractivity (Wildman–Crippen MR) is 158 cm³/mol. The summed E-state index contributed by atoms with van der Waals surface area (Å²) in [5.41, 5.74) is 10.9. The molecule has 0 aliphatic carbocycles. The van der Waals surface area contributed by atoms with Crippen LogP contribution in [0.25, 0.3) is 21.8 Å². The molecular weight excluding hydrogens is 435 g/mol. The highest BCUT2D eigenvalue weighted by Crippen LogP contribution is 2.34. The van der Waals surface area contributed by atoms with Gasteiger partial charge in [0.05, 0.1) is 0 Å². The third kappa shape index (κ3) is 3.73. The maximum atomic E-state index is 2.65. The van der Waals surface area contributed by atoms with Crippen LogP contribution in [0.3, 0.4) is 0 Å². The summed E-state index contributed by atoms with van der Waals surface area (Å²) in [5, 5.41) is 2.72. The average molecular weight is 470 g/mol. The van der Waals surface area contributed by atoms with E-state index < -0.39 is 0 Å². The van der Waals surface area contributed by atoms with Crippen molar-refractivity contribution >= 4 is 51.0 Å². The van der Waals surface area contributed by atoms with Gasteiger partial charge < -0.3 is 9.38 Å². The van der Waals surface area contributed by atoms with Crippen molar-refractivity contribution in [3.8, 4) is 0 Å². The molecule has 0 saturated heterocycles. The van der Waals surface area contributed by atoms with Crippen molar-refractivity contribution in [1.29, 1.82) is 0 Å². The van der Waals surface area contributed by atoms with E-state index in [0.717, 1.165) is 12.8 Å². The standard InChI is InChI=1S/C33H35BN2/c1-4-6-12-24-18-20-26-27-21-19-25(13-7-5-2)23-33(27)36(32(26)22-24)34-28-14-8-10-16-30(28)35(3)31-17-11-9-15-29(31)34/h8-11,14-23H,4-7,12-13H2,1-3H3. The summed E-state index contributed by atoms with van der Waals surface area (Å²) in [7, 11) is 2.20. The molecule has 0 atom stereocenters. The molecule has 0 N–H and O–H groups in total. The van der Waals surface area contributed by atoms with Crippen molar-refractivity contribution in [2.75, 3.05) is 11.9 Å². The molecular formula is C33H35BN2. The van der Waals surface area contributed by atoms with Crippen LogP contribution in [0.2, 0.25) is 0 Å². The van der Waals surface area contributed by atoms with Gasteiger partial charge in [0.25, 0.3) is 0 Å². The second kappa shape index (κ2) is 9.54. The zero-order valence-electron chi connectivity index (χ0n) is 21.8. The summed E-state index contributed by atoms with van der Waals surface area (Å²) in [4.78, 5) is 2.36. The number of hydrogen-bond acceptors (Lipinski definition) is 1. The Bertz CT molecular complexity index is 1430. The van der Waals surface area contributed by atoms with Crippen molar-refractivity contribution in [3.63, 3.8) is 0 Å². The van der Waals surface area contributed by atoms with Gasteiger partial charge in [-0.2, -0.15) is 0 Å². The number of unbranched alkanes of at least 4 members (excludes halogenated alkanes) is 2. The van der Waals surface area contributed by atoms with Crippen LogP contribution in [-0.2, 0) is 12.8 Å². The Kier molecular flexibility index (Phi) is 6.09. The Hall–Kier alpha value is -3.46. The molecule has 0 amide bonds. The SMILES string of the molecule is CCCCc1ccc2c3ccc(CCCC)cc3n(B3c4ccccc4N(C)c4ccccc43)c2c1. The lowest BCUT2D eigenvalue weighted by molar-refractivity contribution is 0.795. The fraction of sp³-hybridized carbons (Fsp3) is 0.273. The number of aromatic nitrogens is 1. The highest BCUT2D eigenvalue weighted by Gasteiger charge is 2.35. The van der Waals surface area contributed by atoms with E-state index in [9.17, 15) is 0 Å². The Morgan fingerprint density at radius 1 is 0.611 bits per heavy atom. The molecule has 0 fully saturated rings. The molecule has 3 heteroatoms.